The standard InChI is InChI=1S/C25H33N3O6S/c1-32-22-11-9-19(24(33-2)25(22)34-3)17-26-13-15-27(16-14-26)18-20-10-12-23(29)28(20)35(30,31)21-7-5-4-6-8-21/h4-9,11,20H,10,12-18H2,1-3H3. The van der Waals surface area contributed by atoms with Crippen LogP contribution in [0, 0.1) is 0 Å². The molecular formula is C25H33N3O6S. The first-order chi connectivity index (χ1) is 16.9. The molecule has 0 N–H and O–H groups in total. The summed E-state index contributed by atoms with van der Waals surface area (Å²) in [6.45, 7) is 4.48. The summed E-state index contributed by atoms with van der Waals surface area (Å²) in [6, 6.07) is 11.7. The van der Waals surface area contributed by atoms with Gasteiger partial charge in [0.15, 0.2) is 11.5 Å². The number of carbonyl (C=O) groups is 1. The van der Waals surface area contributed by atoms with Crippen LogP contribution in [-0.2, 0) is 21.4 Å². The maximum atomic E-state index is 13.2. The molecule has 2 aliphatic heterocycles. The smallest absolute Gasteiger partial charge is 0.266 e. The quantitative estimate of drug-likeness (QED) is 0.515. The first-order valence-corrected chi connectivity index (χ1v) is 13.2. The molecule has 2 aliphatic rings. The van der Waals surface area contributed by atoms with Crippen molar-refractivity contribution in [1.29, 1.82) is 0 Å². The van der Waals surface area contributed by atoms with Gasteiger partial charge in [-0.2, -0.15) is 0 Å². The number of carbonyl (C=O) groups excluding carboxylic acids is 1. The van der Waals surface area contributed by atoms with Crippen LogP contribution in [-0.4, -0.2) is 88.5 Å². The molecule has 0 aromatic heterocycles. The molecule has 2 aromatic carbocycles. The van der Waals surface area contributed by atoms with Gasteiger partial charge in [0.05, 0.1) is 32.3 Å². The van der Waals surface area contributed by atoms with Crippen LogP contribution in [0.3, 0.4) is 0 Å². The lowest BCUT2D eigenvalue weighted by Crippen LogP contribution is -2.51. The lowest BCUT2D eigenvalue weighted by atomic mass is 10.1. The first-order valence-electron chi connectivity index (χ1n) is 11.7. The summed E-state index contributed by atoms with van der Waals surface area (Å²) in [7, 11) is 0.966. The zero-order valence-corrected chi connectivity index (χ0v) is 21.3. The Morgan fingerprint density at radius 1 is 0.857 bits per heavy atom. The maximum Gasteiger partial charge on any atom is 0.266 e. The highest BCUT2D eigenvalue weighted by Crippen LogP contribution is 2.40. The first kappa shape index (κ1) is 25.3. The Kier molecular flexibility index (Phi) is 7.83. The van der Waals surface area contributed by atoms with Gasteiger partial charge >= 0.3 is 0 Å². The topological polar surface area (TPSA) is 88.6 Å². The van der Waals surface area contributed by atoms with Crippen molar-refractivity contribution >= 4 is 15.9 Å². The molecule has 0 radical (unpaired) electrons. The van der Waals surface area contributed by atoms with Crippen LogP contribution in [0.5, 0.6) is 17.2 Å². The average molecular weight is 504 g/mol. The minimum Gasteiger partial charge on any atom is -0.493 e. The van der Waals surface area contributed by atoms with Gasteiger partial charge in [0.2, 0.25) is 11.7 Å². The van der Waals surface area contributed by atoms with Crippen LogP contribution in [0.25, 0.3) is 0 Å². The van der Waals surface area contributed by atoms with Gasteiger partial charge in [-0.05, 0) is 24.6 Å². The molecular weight excluding hydrogens is 470 g/mol. The van der Waals surface area contributed by atoms with E-state index in [-0.39, 0.29) is 23.3 Å². The molecule has 35 heavy (non-hydrogen) atoms. The van der Waals surface area contributed by atoms with Gasteiger partial charge in [-0.15, -0.1) is 0 Å². The van der Waals surface area contributed by atoms with E-state index < -0.39 is 10.0 Å². The number of amides is 1. The molecule has 2 aromatic rings. The lowest BCUT2D eigenvalue weighted by Gasteiger charge is -2.37. The summed E-state index contributed by atoms with van der Waals surface area (Å²) >= 11 is 0. The number of rotatable bonds is 9. The van der Waals surface area contributed by atoms with Crippen LogP contribution in [0.15, 0.2) is 47.4 Å². The minimum absolute atomic E-state index is 0.161. The summed E-state index contributed by atoms with van der Waals surface area (Å²) in [6.07, 6.45) is 0.809. The molecule has 190 valence electrons. The van der Waals surface area contributed by atoms with E-state index >= 15 is 0 Å². The number of piperazine rings is 1. The molecule has 4 rings (SSSR count). The van der Waals surface area contributed by atoms with Crippen molar-refractivity contribution in [3.05, 3.63) is 48.0 Å². The van der Waals surface area contributed by atoms with Gasteiger partial charge in [0.25, 0.3) is 10.0 Å². The highest BCUT2D eigenvalue weighted by Gasteiger charge is 2.41. The number of hydrogen-bond acceptors (Lipinski definition) is 8. The monoisotopic (exact) mass is 503 g/mol. The number of sulfonamides is 1. The van der Waals surface area contributed by atoms with Crippen LogP contribution >= 0.6 is 0 Å². The van der Waals surface area contributed by atoms with Gasteiger partial charge in [0, 0.05) is 51.3 Å². The Morgan fingerprint density at radius 2 is 1.51 bits per heavy atom. The van der Waals surface area contributed by atoms with Crippen molar-refractivity contribution in [3.63, 3.8) is 0 Å². The van der Waals surface area contributed by atoms with E-state index in [0.29, 0.717) is 36.8 Å². The predicted octanol–water partition coefficient (Wildman–Crippen LogP) is 2.21. The molecule has 1 amide bonds. The Hall–Kier alpha value is -2.82. The molecule has 0 saturated carbocycles. The number of hydrogen-bond donors (Lipinski definition) is 0. The molecule has 2 heterocycles. The van der Waals surface area contributed by atoms with Crippen molar-refractivity contribution in [2.24, 2.45) is 0 Å². The number of ether oxygens (including phenoxy) is 3. The lowest BCUT2D eigenvalue weighted by molar-refractivity contribution is -0.124. The normalized spacial score (nSPS) is 19.7. The van der Waals surface area contributed by atoms with Crippen molar-refractivity contribution < 1.29 is 27.4 Å². The summed E-state index contributed by atoms with van der Waals surface area (Å²) in [5, 5.41) is 0. The summed E-state index contributed by atoms with van der Waals surface area (Å²) < 4.78 is 43.9. The van der Waals surface area contributed by atoms with E-state index in [1.807, 2.05) is 12.1 Å². The molecule has 1 unspecified atom stereocenters. The molecule has 0 aliphatic carbocycles. The number of methoxy groups -OCH3 is 3. The summed E-state index contributed by atoms with van der Waals surface area (Å²) in [5.74, 6) is 1.55. The predicted molar refractivity (Wildman–Crippen MR) is 131 cm³/mol. The third-order valence-corrected chi connectivity index (χ3v) is 8.57. The molecule has 1 atom stereocenters. The fraction of sp³-hybridized carbons (Fsp3) is 0.480. The van der Waals surface area contributed by atoms with Crippen LogP contribution in [0.1, 0.15) is 18.4 Å². The van der Waals surface area contributed by atoms with Crippen molar-refractivity contribution in [2.75, 3.05) is 54.1 Å². The highest BCUT2D eigenvalue weighted by molar-refractivity contribution is 7.89. The fourth-order valence-electron chi connectivity index (χ4n) is 4.88. The zero-order chi connectivity index (χ0) is 25.0. The van der Waals surface area contributed by atoms with Gasteiger partial charge in [-0.3, -0.25) is 14.6 Å². The van der Waals surface area contributed by atoms with Crippen molar-refractivity contribution in [1.82, 2.24) is 14.1 Å². The molecule has 9 nitrogen and oxygen atoms in total. The van der Waals surface area contributed by atoms with Gasteiger partial charge in [-0.1, -0.05) is 24.3 Å². The van der Waals surface area contributed by atoms with Crippen LogP contribution < -0.4 is 14.2 Å². The second-order valence-corrected chi connectivity index (χ2v) is 10.6. The van der Waals surface area contributed by atoms with Gasteiger partial charge in [-0.25, -0.2) is 12.7 Å². The third-order valence-electron chi connectivity index (χ3n) is 6.68. The fourth-order valence-corrected chi connectivity index (χ4v) is 6.53. The maximum absolute atomic E-state index is 13.2. The second kappa shape index (κ2) is 10.8. The van der Waals surface area contributed by atoms with E-state index in [1.54, 1.807) is 51.7 Å². The van der Waals surface area contributed by atoms with Crippen LogP contribution in [0.4, 0.5) is 0 Å². The van der Waals surface area contributed by atoms with E-state index in [0.717, 1.165) is 36.0 Å². The van der Waals surface area contributed by atoms with E-state index in [9.17, 15) is 13.2 Å². The van der Waals surface area contributed by atoms with Gasteiger partial charge < -0.3 is 14.2 Å². The molecule has 2 fully saturated rings. The summed E-state index contributed by atoms with van der Waals surface area (Å²) in [5.41, 5.74) is 1.01. The zero-order valence-electron chi connectivity index (χ0n) is 20.5. The molecule has 10 heteroatoms. The molecule has 2 saturated heterocycles. The van der Waals surface area contributed by atoms with Crippen molar-refractivity contribution in [2.45, 2.75) is 30.3 Å². The Morgan fingerprint density at radius 3 is 2.14 bits per heavy atom. The Bertz CT molecular complexity index is 1130. The SMILES string of the molecule is COc1ccc(CN2CCN(CC3CCC(=O)N3S(=O)(=O)c3ccccc3)CC2)c(OC)c1OC. The number of benzene rings is 2. The molecule has 0 spiro atoms. The van der Waals surface area contributed by atoms with Crippen molar-refractivity contribution in [3.8, 4) is 17.2 Å². The third kappa shape index (κ3) is 5.24. The Balaban J connectivity index is 1.39. The minimum atomic E-state index is -3.85. The van der Waals surface area contributed by atoms with E-state index in [1.165, 1.54) is 0 Å². The summed E-state index contributed by atoms with van der Waals surface area (Å²) in [4.78, 5) is 17.3. The van der Waals surface area contributed by atoms with E-state index in [2.05, 4.69) is 9.80 Å². The average Bonchev–Trinajstić information content (AvgIpc) is 3.25. The van der Waals surface area contributed by atoms with E-state index in [4.69, 9.17) is 14.2 Å². The van der Waals surface area contributed by atoms with Gasteiger partial charge in [0.1, 0.15) is 0 Å². The Labute approximate surface area is 207 Å². The second-order valence-electron chi connectivity index (χ2n) is 8.77. The largest absolute Gasteiger partial charge is 0.493 e. The molecule has 0 bridgehead atoms. The van der Waals surface area contributed by atoms with Crippen LogP contribution in [0.2, 0.25) is 0 Å². The number of nitrogens with zero attached hydrogens (tertiary/aromatic N) is 3. The highest BCUT2D eigenvalue weighted by atomic mass is 32.2.